The fraction of sp³-hybridized carbons (Fsp3) is 0.556. The Bertz CT molecular complexity index is 755. The summed E-state index contributed by atoms with van der Waals surface area (Å²) in [5.41, 5.74) is 0.652. The van der Waals surface area contributed by atoms with Crippen molar-refractivity contribution in [2.45, 2.75) is 97.3 Å². The van der Waals surface area contributed by atoms with E-state index < -0.39 is 15.5 Å². The van der Waals surface area contributed by atoms with E-state index in [4.69, 9.17) is 0 Å². The van der Waals surface area contributed by atoms with Crippen LogP contribution in [0.15, 0.2) is 60.7 Å². The quantitative estimate of drug-likeness (QED) is 0.290. The van der Waals surface area contributed by atoms with Gasteiger partial charge in [-0.25, -0.2) is 0 Å². The van der Waals surface area contributed by atoms with E-state index in [2.05, 4.69) is 126 Å². The number of rotatable bonds is 9. The molecule has 0 N–H and O–H groups in total. The lowest BCUT2D eigenvalue weighted by Gasteiger charge is -2.35. The van der Waals surface area contributed by atoms with Gasteiger partial charge in [0.25, 0.3) is 0 Å². The van der Waals surface area contributed by atoms with Crippen LogP contribution < -0.4 is 15.3 Å². The van der Waals surface area contributed by atoms with Crippen molar-refractivity contribution in [1.29, 1.82) is 0 Å². The third kappa shape index (κ3) is 8.30. The van der Waals surface area contributed by atoms with Gasteiger partial charge in [-0.1, -0.05) is 60.7 Å². The summed E-state index contributed by atoms with van der Waals surface area (Å²) in [6.45, 7) is 19.0. The molecule has 2 unspecified atom stereocenters. The van der Waals surface area contributed by atoms with Crippen molar-refractivity contribution in [3.8, 4) is 0 Å². The Labute approximate surface area is 211 Å². The van der Waals surface area contributed by atoms with E-state index in [1.165, 1.54) is 10.6 Å². The van der Waals surface area contributed by atoms with Gasteiger partial charge in [0.05, 0.1) is 0 Å². The van der Waals surface area contributed by atoms with Gasteiger partial charge < -0.3 is 4.70 Å². The standard InChI is InChI=1S/C27H41N2P.BF3.FH/c1-19(2)28(20(3)4)25-26(29(21(5)6)22(7)8)27(25)30(23-15-11-9-12-16-23)24-17-13-10-14-18-24;2-1(3)4;/h9-22,25-27H,1-8H3;;1H/p-1. The first-order chi connectivity index (χ1) is 16.0. The normalized spacial score (nSPS) is 19.4. The van der Waals surface area contributed by atoms with Crippen LogP contribution in [0.4, 0.5) is 12.9 Å². The monoisotopic (exact) mass is 511 g/mol. The van der Waals surface area contributed by atoms with Crippen molar-refractivity contribution in [2.24, 2.45) is 0 Å². The maximum Gasteiger partial charge on any atom is 0.762 e. The van der Waals surface area contributed by atoms with E-state index in [1.54, 1.807) is 0 Å². The van der Waals surface area contributed by atoms with E-state index in [9.17, 15) is 12.9 Å². The van der Waals surface area contributed by atoms with Crippen LogP contribution in [0.1, 0.15) is 55.4 Å². The summed E-state index contributed by atoms with van der Waals surface area (Å²) >= 11 is 0. The Morgan fingerprint density at radius 3 is 1.09 bits per heavy atom. The van der Waals surface area contributed by atoms with Gasteiger partial charge in [0.2, 0.25) is 0 Å². The molecule has 1 aliphatic carbocycles. The molecule has 2 aromatic rings. The average Bonchev–Trinajstić information content (AvgIpc) is 3.41. The second-order valence-electron chi connectivity index (χ2n) is 10.0. The van der Waals surface area contributed by atoms with Crippen LogP contribution in [-0.2, 0) is 0 Å². The molecule has 1 fully saturated rings. The maximum absolute atomic E-state index is 9.67. The molecule has 0 aliphatic heterocycles. The maximum atomic E-state index is 9.67. The van der Waals surface area contributed by atoms with Crippen LogP contribution in [0.25, 0.3) is 0 Å². The van der Waals surface area contributed by atoms with E-state index in [0.717, 1.165) is 0 Å². The fourth-order valence-electron chi connectivity index (χ4n) is 5.52. The van der Waals surface area contributed by atoms with E-state index >= 15 is 0 Å². The molecule has 1 saturated carbocycles. The number of hydrogen-bond acceptors (Lipinski definition) is 2. The van der Waals surface area contributed by atoms with Crippen molar-refractivity contribution < 1.29 is 17.7 Å². The molecule has 2 aromatic carbocycles. The minimum absolute atomic E-state index is 0. The predicted octanol–water partition coefficient (Wildman–Crippen LogP) is 3.36. The Morgan fingerprint density at radius 2 is 0.857 bits per heavy atom. The minimum Gasteiger partial charge on any atom is -1.00 e. The first kappa shape index (κ1) is 31.6. The van der Waals surface area contributed by atoms with Crippen molar-refractivity contribution in [3.63, 3.8) is 0 Å². The molecule has 3 rings (SSSR count). The predicted molar refractivity (Wildman–Crippen MR) is 144 cm³/mol. The topological polar surface area (TPSA) is 6.48 Å². The Morgan fingerprint density at radius 1 is 0.600 bits per heavy atom. The number of hydrogen-bond donors (Lipinski definition) is 0. The first-order valence-electron chi connectivity index (χ1n) is 12.3. The second-order valence-corrected chi connectivity index (χ2v) is 12.4. The Hall–Kier alpha value is -1.43. The minimum atomic E-state index is -3.67. The zero-order valence-electron chi connectivity index (χ0n) is 22.2. The molecular formula is C27H41BF4N2P-. The highest BCUT2D eigenvalue weighted by Crippen LogP contribution is 2.57. The van der Waals surface area contributed by atoms with Gasteiger partial charge >= 0.3 is 7.54 Å². The number of benzene rings is 2. The molecule has 1 aliphatic rings. The third-order valence-corrected chi connectivity index (χ3v) is 9.27. The largest absolute Gasteiger partial charge is 1.00 e. The van der Waals surface area contributed by atoms with Crippen LogP contribution in [0, 0.1) is 0 Å². The summed E-state index contributed by atoms with van der Waals surface area (Å²) in [5, 5.41) is 3.02. The summed E-state index contributed by atoms with van der Waals surface area (Å²) in [4.78, 5) is 5.57. The SMILES string of the molecule is CC(C)N(C(C)C)C1C(N(C(C)C)C(C)C)C1P(c1ccccc1)c1ccccc1.FB(F)F.[F-]. The highest BCUT2D eigenvalue weighted by atomic mass is 31.1. The average molecular weight is 511 g/mol. The Balaban J connectivity index is 0.00000114. The lowest BCUT2D eigenvalue weighted by molar-refractivity contribution is -0.0000113. The number of halogens is 4. The molecule has 8 heteroatoms. The van der Waals surface area contributed by atoms with Gasteiger partial charge in [-0.3, -0.25) is 22.7 Å². The molecule has 2 nitrogen and oxygen atoms in total. The van der Waals surface area contributed by atoms with Gasteiger partial charge in [0, 0.05) is 41.9 Å². The summed E-state index contributed by atoms with van der Waals surface area (Å²) < 4.78 is 29.0. The molecule has 196 valence electrons. The fourth-order valence-corrected chi connectivity index (χ4v) is 8.66. The van der Waals surface area contributed by atoms with E-state index in [0.29, 0.717) is 41.9 Å². The molecule has 2 atom stereocenters. The first-order valence-corrected chi connectivity index (χ1v) is 13.8. The van der Waals surface area contributed by atoms with Crippen LogP contribution in [-0.4, -0.2) is 59.3 Å². The molecule has 0 spiro atoms. The summed E-state index contributed by atoms with van der Waals surface area (Å²) in [6, 6.07) is 26.0. The molecule has 0 bridgehead atoms. The molecule has 0 aromatic heterocycles. The van der Waals surface area contributed by atoms with Gasteiger partial charge in [-0.05, 0) is 73.9 Å². The molecule has 0 saturated heterocycles. The van der Waals surface area contributed by atoms with E-state index in [1.807, 2.05) is 0 Å². The van der Waals surface area contributed by atoms with Crippen molar-refractivity contribution in [3.05, 3.63) is 60.7 Å². The zero-order valence-corrected chi connectivity index (χ0v) is 23.1. The lowest BCUT2D eigenvalue weighted by atomic mass is 10.2. The van der Waals surface area contributed by atoms with Crippen molar-refractivity contribution in [2.75, 3.05) is 0 Å². The molecular weight excluding hydrogens is 470 g/mol. The van der Waals surface area contributed by atoms with Crippen LogP contribution in [0.5, 0.6) is 0 Å². The number of nitrogens with zero attached hydrogens (tertiary/aromatic N) is 2. The highest BCUT2D eigenvalue weighted by molar-refractivity contribution is 7.74. The van der Waals surface area contributed by atoms with E-state index in [-0.39, 0.29) is 4.70 Å². The van der Waals surface area contributed by atoms with Crippen LogP contribution >= 0.6 is 7.92 Å². The van der Waals surface area contributed by atoms with Gasteiger partial charge in [0.15, 0.2) is 0 Å². The summed E-state index contributed by atoms with van der Waals surface area (Å²) in [5.74, 6) is 0. The lowest BCUT2D eigenvalue weighted by Crippen LogP contribution is -3.00. The van der Waals surface area contributed by atoms with Crippen molar-refractivity contribution >= 4 is 26.1 Å². The molecule has 0 heterocycles. The molecule has 0 radical (unpaired) electrons. The third-order valence-electron chi connectivity index (χ3n) is 6.35. The summed E-state index contributed by atoms with van der Waals surface area (Å²) in [7, 11) is -4.09. The van der Waals surface area contributed by atoms with Crippen LogP contribution in [0.3, 0.4) is 0 Å². The van der Waals surface area contributed by atoms with Crippen LogP contribution in [0.2, 0.25) is 0 Å². The molecule has 35 heavy (non-hydrogen) atoms. The van der Waals surface area contributed by atoms with Gasteiger partial charge in [0.1, 0.15) is 0 Å². The Kier molecular flexibility index (Phi) is 13.0. The second kappa shape index (κ2) is 14.3. The molecule has 0 amide bonds. The highest BCUT2D eigenvalue weighted by Gasteiger charge is 2.61. The van der Waals surface area contributed by atoms with Gasteiger partial charge in [-0.2, -0.15) is 0 Å². The van der Waals surface area contributed by atoms with Crippen molar-refractivity contribution in [1.82, 2.24) is 9.80 Å². The summed E-state index contributed by atoms with van der Waals surface area (Å²) in [6.07, 6.45) is 0. The smallest absolute Gasteiger partial charge is 0.762 e. The van der Waals surface area contributed by atoms with Gasteiger partial charge in [-0.15, -0.1) is 0 Å². The zero-order chi connectivity index (χ0) is 25.6.